The van der Waals surface area contributed by atoms with Crippen molar-refractivity contribution >= 4 is 12.4 Å². The SMILES string of the molecule is O=C(c1nnc2n1CCCC2)N(CCO)Cc1ncc[nH]1.O=CO. The van der Waals surface area contributed by atoms with E-state index in [1.54, 1.807) is 12.4 Å². The van der Waals surface area contributed by atoms with Crippen LogP contribution in [0.2, 0.25) is 0 Å². The number of amides is 1. The summed E-state index contributed by atoms with van der Waals surface area (Å²) in [5.74, 6) is 1.67. The van der Waals surface area contributed by atoms with Crippen LogP contribution in [0.5, 0.6) is 0 Å². The van der Waals surface area contributed by atoms with Crippen LogP contribution in [0.4, 0.5) is 0 Å². The Morgan fingerprint density at radius 1 is 1.42 bits per heavy atom. The van der Waals surface area contributed by atoms with E-state index >= 15 is 0 Å². The van der Waals surface area contributed by atoms with E-state index in [-0.39, 0.29) is 25.5 Å². The average Bonchev–Trinajstić information content (AvgIpc) is 3.24. The Labute approximate surface area is 138 Å². The van der Waals surface area contributed by atoms with E-state index in [4.69, 9.17) is 9.90 Å². The van der Waals surface area contributed by atoms with Crippen LogP contribution in [-0.2, 0) is 24.3 Å². The number of carboxylic acid groups (broad SMARTS) is 1. The van der Waals surface area contributed by atoms with Crippen molar-refractivity contribution < 1.29 is 19.8 Å². The van der Waals surface area contributed by atoms with Gasteiger partial charge >= 0.3 is 0 Å². The first-order chi connectivity index (χ1) is 11.7. The van der Waals surface area contributed by atoms with Gasteiger partial charge < -0.3 is 24.7 Å². The highest BCUT2D eigenvalue weighted by molar-refractivity contribution is 5.90. The molecular weight excluding hydrogens is 316 g/mol. The Hall–Kier alpha value is -2.75. The number of aromatic amines is 1. The van der Waals surface area contributed by atoms with E-state index in [1.165, 1.54) is 4.90 Å². The number of aromatic nitrogens is 5. The predicted octanol–water partition coefficient (Wildman–Crippen LogP) is -0.327. The molecule has 2 aromatic heterocycles. The monoisotopic (exact) mass is 336 g/mol. The number of aliphatic hydroxyl groups is 1. The Kier molecular flexibility index (Phi) is 6.43. The summed E-state index contributed by atoms with van der Waals surface area (Å²) in [5, 5.41) is 24.2. The van der Waals surface area contributed by atoms with E-state index < -0.39 is 0 Å². The van der Waals surface area contributed by atoms with Gasteiger partial charge in [-0.25, -0.2) is 4.98 Å². The molecule has 0 atom stereocenters. The van der Waals surface area contributed by atoms with Crippen LogP contribution in [0.1, 0.15) is 35.1 Å². The van der Waals surface area contributed by atoms with Crippen LogP contribution in [0, 0.1) is 0 Å². The average molecular weight is 336 g/mol. The normalized spacial score (nSPS) is 12.7. The van der Waals surface area contributed by atoms with Crippen LogP contribution in [0.15, 0.2) is 12.4 Å². The van der Waals surface area contributed by atoms with E-state index in [9.17, 15) is 9.90 Å². The number of imidazole rings is 1. The lowest BCUT2D eigenvalue weighted by molar-refractivity contribution is -0.122. The van der Waals surface area contributed by atoms with Gasteiger partial charge in [0, 0.05) is 31.9 Å². The smallest absolute Gasteiger partial charge is 0.292 e. The minimum atomic E-state index is -0.250. The number of hydrogen-bond acceptors (Lipinski definition) is 6. The third-order valence-electron chi connectivity index (χ3n) is 3.60. The Balaban J connectivity index is 0.000000647. The zero-order valence-corrected chi connectivity index (χ0v) is 13.1. The quantitative estimate of drug-likeness (QED) is 0.636. The molecule has 0 spiro atoms. The number of nitrogens with zero attached hydrogens (tertiary/aromatic N) is 5. The van der Waals surface area contributed by atoms with Crippen molar-refractivity contribution in [1.82, 2.24) is 29.6 Å². The first-order valence-corrected chi connectivity index (χ1v) is 7.59. The van der Waals surface area contributed by atoms with E-state index in [2.05, 4.69) is 20.2 Å². The molecule has 0 fully saturated rings. The van der Waals surface area contributed by atoms with Crippen molar-refractivity contribution in [2.75, 3.05) is 13.2 Å². The molecule has 3 rings (SSSR count). The molecule has 1 amide bonds. The highest BCUT2D eigenvalue weighted by atomic mass is 16.3. The van der Waals surface area contributed by atoms with Crippen molar-refractivity contribution in [2.45, 2.75) is 32.4 Å². The van der Waals surface area contributed by atoms with Crippen molar-refractivity contribution in [3.05, 3.63) is 29.9 Å². The summed E-state index contributed by atoms with van der Waals surface area (Å²) in [7, 11) is 0. The summed E-state index contributed by atoms with van der Waals surface area (Å²) in [6.45, 7) is 0.973. The lowest BCUT2D eigenvalue weighted by Gasteiger charge is -2.21. The van der Waals surface area contributed by atoms with Crippen molar-refractivity contribution in [1.29, 1.82) is 0 Å². The number of rotatable bonds is 5. The molecule has 1 aliphatic heterocycles. The van der Waals surface area contributed by atoms with Crippen LogP contribution in [0.3, 0.4) is 0 Å². The van der Waals surface area contributed by atoms with Crippen molar-refractivity contribution in [3.8, 4) is 0 Å². The molecule has 3 N–H and O–H groups in total. The third kappa shape index (κ3) is 4.16. The number of fused-ring (bicyclic) bond motifs is 1. The van der Waals surface area contributed by atoms with Crippen LogP contribution in [-0.4, -0.2) is 65.4 Å². The molecule has 24 heavy (non-hydrogen) atoms. The Morgan fingerprint density at radius 2 is 2.21 bits per heavy atom. The summed E-state index contributed by atoms with van der Waals surface area (Å²) < 4.78 is 1.89. The lowest BCUT2D eigenvalue weighted by Crippen LogP contribution is -2.35. The van der Waals surface area contributed by atoms with Gasteiger partial charge in [0.1, 0.15) is 11.6 Å². The number of carbonyl (C=O) groups is 2. The standard InChI is InChI=1S/C13H18N6O2.CH2O2/c20-8-7-18(9-10-14-4-5-15-10)13(21)12-17-16-11-3-1-2-6-19(11)12;2-1-3/h4-5,20H,1-3,6-9H2,(H,14,15);1H,(H,2,3). The summed E-state index contributed by atoms with van der Waals surface area (Å²) in [5.41, 5.74) is 0. The van der Waals surface area contributed by atoms with Gasteiger partial charge in [-0.15, -0.1) is 10.2 Å². The third-order valence-corrected chi connectivity index (χ3v) is 3.60. The van der Waals surface area contributed by atoms with E-state index in [0.29, 0.717) is 18.2 Å². The fourth-order valence-corrected chi connectivity index (χ4v) is 2.55. The minimum Gasteiger partial charge on any atom is -0.483 e. The summed E-state index contributed by atoms with van der Waals surface area (Å²) in [6, 6.07) is 0. The molecule has 3 heterocycles. The zero-order chi connectivity index (χ0) is 17.4. The van der Waals surface area contributed by atoms with Crippen LogP contribution < -0.4 is 0 Å². The van der Waals surface area contributed by atoms with E-state index in [1.807, 2.05) is 4.57 Å². The summed E-state index contributed by atoms with van der Waals surface area (Å²) in [4.78, 5) is 29.6. The fourth-order valence-electron chi connectivity index (χ4n) is 2.55. The highest BCUT2D eigenvalue weighted by Gasteiger charge is 2.25. The summed E-state index contributed by atoms with van der Waals surface area (Å²) >= 11 is 0. The molecule has 0 aliphatic carbocycles. The molecule has 1 aliphatic rings. The van der Waals surface area contributed by atoms with E-state index in [0.717, 1.165) is 31.6 Å². The maximum Gasteiger partial charge on any atom is 0.292 e. The highest BCUT2D eigenvalue weighted by Crippen LogP contribution is 2.16. The molecule has 0 saturated carbocycles. The molecule has 10 nitrogen and oxygen atoms in total. The number of nitrogens with one attached hydrogen (secondary N) is 1. The Bertz CT molecular complexity index is 654. The van der Waals surface area contributed by atoms with Crippen molar-refractivity contribution in [3.63, 3.8) is 0 Å². The number of aryl methyl sites for hydroxylation is 1. The van der Waals surface area contributed by atoms with Gasteiger partial charge in [0.05, 0.1) is 13.2 Å². The van der Waals surface area contributed by atoms with Gasteiger partial charge in [-0.3, -0.25) is 9.59 Å². The lowest BCUT2D eigenvalue weighted by atomic mass is 10.1. The topological polar surface area (TPSA) is 137 Å². The second kappa shape index (κ2) is 8.77. The van der Waals surface area contributed by atoms with Gasteiger partial charge in [-0.1, -0.05) is 0 Å². The first kappa shape index (κ1) is 17.6. The number of aliphatic hydroxyl groups excluding tert-OH is 1. The van der Waals surface area contributed by atoms with Gasteiger partial charge in [0.2, 0.25) is 5.82 Å². The molecule has 130 valence electrons. The van der Waals surface area contributed by atoms with Crippen molar-refractivity contribution in [2.24, 2.45) is 0 Å². The molecule has 2 aromatic rings. The Morgan fingerprint density at radius 3 is 2.88 bits per heavy atom. The van der Waals surface area contributed by atoms with Gasteiger partial charge in [-0.2, -0.15) is 0 Å². The molecule has 0 saturated heterocycles. The molecule has 0 aromatic carbocycles. The molecule has 0 bridgehead atoms. The number of carbonyl (C=O) groups excluding carboxylic acids is 1. The van der Waals surface area contributed by atoms with Gasteiger partial charge in [0.15, 0.2) is 0 Å². The largest absolute Gasteiger partial charge is 0.483 e. The first-order valence-electron chi connectivity index (χ1n) is 7.59. The van der Waals surface area contributed by atoms with Gasteiger partial charge in [-0.05, 0) is 12.8 Å². The van der Waals surface area contributed by atoms with Crippen LogP contribution in [0.25, 0.3) is 0 Å². The summed E-state index contributed by atoms with van der Waals surface area (Å²) in [6.07, 6.45) is 6.31. The number of H-pyrrole nitrogens is 1. The maximum atomic E-state index is 12.6. The molecule has 0 unspecified atom stereocenters. The second-order valence-electron chi connectivity index (χ2n) is 5.14. The molecule has 10 heteroatoms. The maximum absolute atomic E-state index is 12.6. The molecular formula is C14H20N6O4. The van der Waals surface area contributed by atoms with Crippen LogP contribution >= 0.6 is 0 Å². The molecule has 0 radical (unpaired) electrons. The van der Waals surface area contributed by atoms with Gasteiger partial charge in [0.25, 0.3) is 12.4 Å². The minimum absolute atomic E-state index is 0.104. The zero-order valence-electron chi connectivity index (χ0n) is 13.1. The second-order valence-corrected chi connectivity index (χ2v) is 5.14. The fraction of sp³-hybridized carbons (Fsp3) is 0.500. The number of hydrogen-bond donors (Lipinski definition) is 3. The predicted molar refractivity (Wildman–Crippen MR) is 82.1 cm³/mol.